The number of aromatic amines is 1. The molecule has 0 spiro atoms. The number of sulfonamides is 1. The Hall–Kier alpha value is -2.02. The molecule has 2 rings (SSSR count). The Morgan fingerprint density at radius 3 is 2.52 bits per heavy atom. The highest BCUT2D eigenvalue weighted by Crippen LogP contribution is 2.35. The summed E-state index contributed by atoms with van der Waals surface area (Å²) in [6.45, 7) is 1.41. The molecule has 0 saturated carbocycles. The van der Waals surface area contributed by atoms with Gasteiger partial charge in [0.1, 0.15) is 11.4 Å². The molecule has 0 aliphatic carbocycles. The number of H-pyrrole nitrogens is 1. The number of rotatable bonds is 7. The average Bonchev–Trinajstić information content (AvgIpc) is 2.61. The van der Waals surface area contributed by atoms with Gasteiger partial charge >= 0.3 is 5.97 Å². The van der Waals surface area contributed by atoms with Crippen LogP contribution < -0.4 is 5.56 Å². The van der Waals surface area contributed by atoms with Crippen LogP contribution in [0, 0.1) is 0 Å². The maximum absolute atomic E-state index is 12.1. The van der Waals surface area contributed by atoms with Crippen molar-refractivity contribution >= 4 is 16.0 Å². The number of aliphatic hydroxyl groups is 1. The number of esters is 1. The van der Waals surface area contributed by atoms with E-state index in [0.29, 0.717) is 0 Å². The number of nitrogens with zero attached hydrogens (tertiary/aromatic N) is 2. The molecule has 1 fully saturated rings. The Labute approximate surface area is 156 Å². The summed E-state index contributed by atoms with van der Waals surface area (Å²) in [6, 6.07) is 0. The van der Waals surface area contributed by atoms with Crippen LogP contribution in [0.3, 0.4) is 0 Å². The van der Waals surface area contributed by atoms with Crippen LogP contribution in [0.15, 0.2) is 4.79 Å². The maximum atomic E-state index is 12.1. The van der Waals surface area contributed by atoms with Gasteiger partial charge in [0.25, 0.3) is 5.56 Å². The number of aromatic hydroxyl groups is 1. The molecule has 27 heavy (non-hydrogen) atoms. The lowest BCUT2D eigenvalue weighted by Crippen LogP contribution is -2.48. The van der Waals surface area contributed by atoms with Crippen molar-refractivity contribution in [2.45, 2.75) is 25.4 Å². The molecule has 0 bridgehead atoms. The summed E-state index contributed by atoms with van der Waals surface area (Å²) in [4.78, 5) is 30.5. The van der Waals surface area contributed by atoms with Crippen molar-refractivity contribution < 1.29 is 32.9 Å². The van der Waals surface area contributed by atoms with Gasteiger partial charge in [-0.15, -0.1) is 0 Å². The number of carbonyl (C=O) groups excluding carboxylic acids is 1. The van der Waals surface area contributed by atoms with Crippen molar-refractivity contribution in [1.29, 1.82) is 0 Å². The van der Waals surface area contributed by atoms with Crippen LogP contribution in [-0.4, -0.2) is 78.0 Å². The highest BCUT2D eigenvalue weighted by Gasteiger charge is 2.42. The molecule has 3 N–H and O–H groups in total. The predicted molar refractivity (Wildman–Crippen MR) is 92.8 cm³/mol. The normalized spacial score (nSPS) is 17.6. The van der Waals surface area contributed by atoms with Gasteiger partial charge in [-0.25, -0.2) is 22.5 Å². The summed E-state index contributed by atoms with van der Waals surface area (Å²) in [5, 5.41) is 19.0. The van der Waals surface area contributed by atoms with E-state index in [-0.39, 0.29) is 51.6 Å². The van der Waals surface area contributed by atoms with Crippen molar-refractivity contribution in [3.63, 3.8) is 0 Å². The van der Waals surface area contributed by atoms with Gasteiger partial charge in [-0.05, 0) is 19.8 Å². The third-order valence-corrected chi connectivity index (χ3v) is 5.57. The zero-order chi connectivity index (χ0) is 20.2. The van der Waals surface area contributed by atoms with E-state index >= 15 is 0 Å². The minimum Gasteiger partial charge on any atom is -0.501 e. The Morgan fingerprint density at radius 2 is 2.00 bits per heavy atom. The van der Waals surface area contributed by atoms with E-state index in [1.54, 1.807) is 6.92 Å². The molecular weight excluding hydrogens is 382 g/mol. The first-order valence-electron chi connectivity index (χ1n) is 8.35. The lowest BCUT2D eigenvalue weighted by Gasteiger charge is -2.39. The summed E-state index contributed by atoms with van der Waals surface area (Å²) in [6.07, 6.45) is 1.36. The molecule has 152 valence electrons. The third kappa shape index (κ3) is 4.64. The Kier molecular flexibility index (Phi) is 6.57. The highest BCUT2D eigenvalue weighted by molar-refractivity contribution is 7.88. The molecule has 0 aromatic carbocycles. The molecule has 0 atom stereocenters. The summed E-state index contributed by atoms with van der Waals surface area (Å²) >= 11 is 0. The van der Waals surface area contributed by atoms with Gasteiger partial charge in [-0.2, -0.15) is 0 Å². The van der Waals surface area contributed by atoms with Gasteiger partial charge in [0.05, 0.1) is 26.1 Å². The number of piperidine rings is 1. The van der Waals surface area contributed by atoms with E-state index < -0.39 is 38.6 Å². The van der Waals surface area contributed by atoms with Crippen LogP contribution in [0.1, 0.15) is 36.1 Å². The van der Waals surface area contributed by atoms with E-state index in [9.17, 15) is 23.1 Å². The van der Waals surface area contributed by atoms with Gasteiger partial charge in [-0.1, -0.05) is 0 Å². The number of carbonyl (C=O) groups is 1. The number of hydrogen-bond donors (Lipinski definition) is 3. The summed E-state index contributed by atoms with van der Waals surface area (Å²) < 4.78 is 35.3. The van der Waals surface area contributed by atoms with Crippen molar-refractivity contribution in [2.24, 2.45) is 0 Å². The summed E-state index contributed by atoms with van der Waals surface area (Å²) in [5.74, 6) is -1.87. The molecule has 0 unspecified atom stereocenters. The van der Waals surface area contributed by atoms with E-state index in [1.807, 2.05) is 0 Å². The van der Waals surface area contributed by atoms with Crippen LogP contribution in [0.4, 0.5) is 0 Å². The van der Waals surface area contributed by atoms with Crippen molar-refractivity contribution in [1.82, 2.24) is 14.3 Å². The number of aromatic nitrogens is 2. The summed E-state index contributed by atoms with van der Waals surface area (Å²) in [5.41, 5.74) is -2.72. The van der Waals surface area contributed by atoms with Gasteiger partial charge in [0.2, 0.25) is 15.8 Å². The molecule has 0 amide bonds. The van der Waals surface area contributed by atoms with Crippen molar-refractivity contribution in [2.75, 3.05) is 39.2 Å². The Bertz CT molecular complexity index is 843. The molecule has 2 heterocycles. The van der Waals surface area contributed by atoms with E-state index in [4.69, 9.17) is 14.6 Å². The van der Waals surface area contributed by atoms with Gasteiger partial charge in [0, 0.05) is 13.1 Å². The number of nitrogens with one attached hydrogen (secondary N) is 1. The van der Waals surface area contributed by atoms with Crippen molar-refractivity contribution in [3.05, 3.63) is 21.9 Å². The number of ether oxygens (including phenoxy) is 2. The molecule has 1 aliphatic rings. The van der Waals surface area contributed by atoms with E-state index in [2.05, 4.69) is 9.97 Å². The van der Waals surface area contributed by atoms with Crippen LogP contribution in [0.2, 0.25) is 0 Å². The predicted octanol–water partition coefficient (Wildman–Crippen LogP) is -1.09. The van der Waals surface area contributed by atoms with E-state index in [1.165, 1.54) is 4.31 Å². The quantitative estimate of drug-likeness (QED) is 0.479. The monoisotopic (exact) mass is 405 g/mol. The maximum Gasteiger partial charge on any atom is 0.361 e. The average molecular weight is 405 g/mol. The van der Waals surface area contributed by atoms with Crippen LogP contribution >= 0.6 is 0 Å². The van der Waals surface area contributed by atoms with Gasteiger partial charge < -0.3 is 24.7 Å². The first-order valence-corrected chi connectivity index (χ1v) is 10.2. The van der Waals surface area contributed by atoms with Crippen LogP contribution in [0.25, 0.3) is 0 Å². The molecule has 1 aliphatic heterocycles. The lowest BCUT2D eigenvalue weighted by atomic mass is 9.91. The minimum atomic E-state index is -3.40. The Morgan fingerprint density at radius 1 is 1.37 bits per heavy atom. The second kappa shape index (κ2) is 8.33. The smallest absolute Gasteiger partial charge is 0.361 e. The third-order valence-electron chi connectivity index (χ3n) is 4.26. The zero-order valence-corrected chi connectivity index (χ0v) is 15.9. The highest BCUT2D eigenvalue weighted by atomic mass is 32.2. The molecular formula is C15H23N3O8S. The zero-order valence-electron chi connectivity index (χ0n) is 15.1. The first kappa shape index (κ1) is 21.3. The van der Waals surface area contributed by atoms with Gasteiger partial charge in [0.15, 0.2) is 5.69 Å². The molecule has 1 saturated heterocycles. The summed E-state index contributed by atoms with van der Waals surface area (Å²) in [7, 11) is -3.40. The number of hydrogen-bond acceptors (Lipinski definition) is 9. The second-order valence-corrected chi connectivity index (χ2v) is 8.04. The molecule has 1 aromatic rings. The van der Waals surface area contributed by atoms with Crippen molar-refractivity contribution in [3.8, 4) is 5.75 Å². The fourth-order valence-electron chi connectivity index (χ4n) is 2.89. The second-order valence-electron chi connectivity index (χ2n) is 6.06. The molecule has 11 nitrogen and oxygen atoms in total. The van der Waals surface area contributed by atoms with Crippen LogP contribution in [0.5, 0.6) is 5.75 Å². The van der Waals surface area contributed by atoms with E-state index in [0.717, 1.165) is 6.26 Å². The molecule has 0 radical (unpaired) electrons. The Balaban J connectivity index is 2.46. The molecule has 12 heteroatoms. The topological polar surface area (TPSA) is 159 Å². The van der Waals surface area contributed by atoms with Gasteiger partial charge in [-0.3, -0.25) is 4.79 Å². The SMILES string of the molecule is CCOC(=O)c1nc(C2(OCCO)CCN(S(C)(=O)=O)CC2)[nH]c(=O)c1O. The minimum absolute atomic E-state index is 0.0254. The molecule has 1 aromatic heterocycles. The van der Waals surface area contributed by atoms with Crippen LogP contribution in [-0.2, 0) is 25.1 Å². The number of aliphatic hydroxyl groups excluding tert-OH is 1. The standard InChI is InChI=1S/C15H23N3O8S/c1-3-25-13(22)10-11(20)12(21)17-14(16-10)15(26-9-8-19)4-6-18(7-5-15)27(2,23)24/h19-20H,3-9H2,1-2H3,(H,16,17,21). The largest absolute Gasteiger partial charge is 0.501 e. The fourth-order valence-corrected chi connectivity index (χ4v) is 3.74. The lowest BCUT2D eigenvalue weighted by molar-refractivity contribution is -0.0960. The fraction of sp³-hybridized carbons (Fsp3) is 0.667. The first-order chi connectivity index (χ1) is 12.6.